The summed E-state index contributed by atoms with van der Waals surface area (Å²) < 4.78 is 12.6. The van der Waals surface area contributed by atoms with Gasteiger partial charge in [-0.3, -0.25) is 0 Å². The minimum absolute atomic E-state index is 0.292. The topological polar surface area (TPSA) is 73.6 Å². The second-order valence-electron chi connectivity index (χ2n) is 6.44. The van der Waals surface area contributed by atoms with Crippen LogP contribution in [0.15, 0.2) is 42.5 Å². The zero-order valence-corrected chi connectivity index (χ0v) is 14.3. The first-order valence-corrected chi connectivity index (χ1v) is 8.47. The molecule has 1 aliphatic heterocycles. The summed E-state index contributed by atoms with van der Waals surface area (Å²) in [7, 11) is 0. The van der Waals surface area contributed by atoms with E-state index in [1.54, 1.807) is 4.52 Å². The molecule has 0 unspecified atom stereocenters. The normalized spacial score (nSPS) is 13.0. The predicted molar refractivity (Wildman–Crippen MR) is 96.1 cm³/mol. The molecular weight excluding hydrogens is 330 g/mol. The van der Waals surface area contributed by atoms with E-state index in [-0.39, 0.29) is 0 Å². The van der Waals surface area contributed by atoms with Gasteiger partial charge < -0.3 is 14.8 Å². The van der Waals surface area contributed by atoms with Crippen LogP contribution in [-0.4, -0.2) is 26.8 Å². The highest BCUT2D eigenvalue weighted by atomic mass is 16.7. The number of ether oxygens (including phenoxy) is 2. The van der Waals surface area contributed by atoms with Crippen LogP contribution in [0.2, 0.25) is 0 Å². The summed E-state index contributed by atoms with van der Waals surface area (Å²) in [6, 6.07) is 14.4. The first-order chi connectivity index (χ1) is 12.8. The summed E-state index contributed by atoms with van der Waals surface area (Å²) in [5.74, 6) is 1.60. The molecule has 0 bridgehead atoms. The third-order valence-electron chi connectivity index (χ3n) is 4.58. The molecule has 130 valence electrons. The van der Waals surface area contributed by atoms with Gasteiger partial charge in [0.25, 0.3) is 0 Å². The lowest BCUT2D eigenvalue weighted by Gasteiger charge is -2.09. The molecule has 0 radical (unpaired) electrons. The van der Waals surface area contributed by atoms with Crippen LogP contribution in [0, 0.1) is 6.92 Å². The number of aromatic nitrogens is 4. The smallest absolute Gasteiger partial charge is 0.231 e. The van der Waals surface area contributed by atoms with E-state index in [0.29, 0.717) is 13.3 Å². The lowest BCUT2D eigenvalue weighted by atomic mass is 10.1. The Morgan fingerprint density at radius 3 is 2.92 bits per heavy atom. The van der Waals surface area contributed by atoms with Crippen molar-refractivity contribution in [2.24, 2.45) is 0 Å². The number of fused-ring (bicyclic) bond motifs is 4. The molecule has 4 aromatic rings. The standard InChI is InChI=1S/C19H17N5O2/c1-12-2-4-16-14(6-12)8-15(19-21-22-23-24(16)19)10-20-9-13-3-5-17-18(7-13)26-11-25-17/h2-8,20H,9-11H2,1H3. The zero-order valence-electron chi connectivity index (χ0n) is 14.3. The molecule has 5 rings (SSSR count). The Balaban J connectivity index is 1.41. The van der Waals surface area contributed by atoms with Crippen LogP contribution in [0.25, 0.3) is 16.6 Å². The molecule has 26 heavy (non-hydrogen) atoms. The van der Waals surface area contributed by atoms with Crippen LogP contribution in [0.4, 0.5) is 0 Å². The quantitative estimate of drug-likeness (QED) is 0.612. The van der Waals surface area contributed by atoms with Crippen molar-refractivity contribution in [1.29, 1.82) is 0 Å². The highest BCUT2D eigenvalue weighted by molar-refractivity contribution is 5.83. The number of benzene rings is 2. The molecule has 7 heteroatoms. The average Bonchev–Trinajstić information content (AvgIpc) is 3.30. The van der Waals surface area contributed by atoms with Crippen molar-refractivity contribution in [3.63, 3.8) is 0 Å². The Hall–Kier alpha value is -3.19. The fourth-order valence-electron chi connectivity index (χ4n) is 3.31. The van der Waals surface area contributed by atoms with Crippen LogP contribution < -0.4 is 14.8 Å². The van der Waals surface area contributed by atoms with Crippen molar-refractivity contribution in [3.05, 3.63) is 59.2 Å². The van der Waals surface area contributed by atoms with Gasteiger partial charge in [0.15, 0.2) is 17.1 Å². The summed E-state index contributed by atoms with van der Waals surface area (Å²) in [5, 5.41) is 16.8. The third-order valence-corrected chi connectivity index (χ3v) is 4.58. The van der Waals surface area contributed by atoms with Crippen molar-refractivity contribution in [2.45, 2.75) is 20.0 Å². The van der Waals surface area contributed by atoms with E-state index in [1.165, 1.54) is 5.56 Å². The molecule has 0 fully saturated rings. The summed E-state index contributed by atoms with van der Waals surface area (Å²) >= 11 is 0. The van der Waals surface area contributed by atoms with Crippen molar-refractivity contribution in [2.75, 3.05) is 6.79 Å². The van der Waals surface area contributed by atoms with Gasteiger partial charge in [-0.2, -0.15) is 4.52 Å². The van der Waals surface area contributed by atoms with Gasteiger partial charge in [-0.1, -0.05) is 17.7 Å². The molecule has 0 amide bonds. The number of pyridine rings is 1. The van der Waals surface area contributed by atoms with E-state index in [2.05, 4.69) is 52.0 Å². The second kappa shape index (κ2) is 5.96. The highest BCUT2D eigenvalue weighted by Gasteiger charge is 2.13. The molecule has 1 N–H and O–H groups in total. The zero-order chi connectivity index (χ0) is 17.5. The van der Waals surface area contributed by atoms with Gasteiger partial charge in [-0.25, -0.2) is 0 Å². The molecule has 2 aromatic carbocycles. The number of tetrazole rings is 1. The number of aryl methyl sites for hydroxylation is 1. The highest BCUT2D eigenvalue weighted by Crippen LogP contribution is 2.32. The van der Waals surface area contributed by atoms with E-state index in [9.17, 15) is 0 Å². The monoisotopic (exact) mass is 347 g/mol. The van der Waals surface area contributed by atoms with Crippen LogP contribution in [0.1, 0.15) is 16.7 Å². The summed E-state index contributed by atoms with van der Waals surface area (Å²) in [6.07, 6.45) is 0. The molecule has 0 saturated heterocycles. The Labute approximate surface area is 149 Å². The van der Waals surface area contributed by atoms with E-state index in [1.807, 2.05) is 18.2 Å². The van der Waals surface area contributed by atoms with E-state index in [4.69, 9.17) is 9.47 Å². The number of rotatable bonds is 4. The number of hydrogen-bond donors (Lipinski definition) is 1. The third kappa shape index (κ3) is 2.53. The largest absolute Gasteiger partial charge is 0.454 e. The molecule has 0 spiro atoms. The molecule has 0 aliphatic carbocycles. The maximum atomic E-state index is 5.43. The summed E-state index contributed by atoms with van der Waals surface area (Å²) in [4.78, 5) is 0. The van der Waals surface area contributed by atoms with E-state index >= 15 is 0 Å². The van der Waals surface area contributed by atoms with E-state index in [0.717, 1.165) is 45.7 Å². The second-order valence-corrected chi connectivity index (χ2v) is 6.44. The summed E-state index contributed by atoms with van der Waals surface area (Å²) in [5.41, 5.74) is 5.20. The number of hydrogen-bond acceptors (Lipinski definition) is 6. The Kier molecular flexibility index (Phi) is 3.46. The molecule has 0 saturated carbocycles. The minimum Gasteiger partial charge on any atom is -0.454 e. The lowest BCUT2D eigenvalue weighted by molar-refractivity contribution is 0.174. The van der Waals surface area contributed by atoms with Gasteiger partial charge in [-0.15, -0.1) is 5.10 Å². The van der Waals surface area contributed by atoms with Gasteiger partial charge in [0, 0.05) is 24.0 Å². The maximum absolute atomic E-state index is 5.43. The molecular formula is C19H17N5O2. The first kappa shape index (κ1) is 15.1. The Morgan fingerprint density at radius 1 is 1.04 bits per heavy atom. The van der Waals surface area contributed by atoms with Crippen molar-refractivity contribution in [3.8, 4) is 11.5 Å². The fraction of sp³-hybridized carbons (Fsp3) is 0.211. The molecule has 1 aliphatic rings. The number of nitrogens with zero attached hydrogens (tertiary/aromatic N) is 4. The predicted octanol–water partition coefficient (Wildman–Crippen LogP) is 2.60. The Bertz CT molecular complexity index is 1120. The fourth-order valence-corrected chi connectivity index (χ4v) is 3.31. The molecule has 2 aromatic heterocycles. The van der Waals surface area contributed by atoms with Crippen molar-refractivity contribution < 1.29 is 9.47 Å². The van der Waals surface area contributed by atoms with Gasteiger partial charge in [0.05, 0.1) is 5.52 Å². The van der Waals surface area contributed by atoms with Gasteiger partial charge in [0.2, 0.25) is 6.79 Å². The van der Waals surface area contributed by atoms with Crippen LogP contribution in [-0.2, 0) is 13.1 Å². The van der Waals surface area contributed by atoms with Crippen LogP contribution in [0.5, 0.6) is 11.5 Å². The number of nitrogens with one attached hydrogen (secondary N) is 1. The van der Waals surface area contributed by atoms with Crippen LogP contribution >= 0.6 is 0 Å². The van der Waals surface area contributed by atoms with Crippen molar-refractivity contribution in [1.82, 2.24) is 25.4 Å². The van der Waals surface area contributed by atoms with Gasteiger partial charge in [0.1, 0.15) is 0 Å². The van der Waals surface area contributed by atoms with Gasteiger partial charge >= 0.3 is 0 Å². The first-order valence-electron chi connectivity index (χ1n) is 8.47. The van der Waals surface area contributed by atoms with E-state index < -0.39 is 0 Å². The van der Waals surface area contributed by atoms with Gasteiger partial charge in [-0.05, 0) is 53.2 Å². The lowest BCUT2D eigenvalue weighted by Crippen LogP contribution is -2.14. The Morgan fingerprint density at radius 2 is 1.96 bits per heavy atom. The average molecular weight is 347 g/mol. The SMILES string of the molecule is Cc1ccc2c(c1)cc(CNCc1ccc3c(c1)OCO3)c1nnnn12. The minimum atomic E-state index is 0.292. The van der Waals surface area contributed by atoms with Crippen molar-refractivity contribution >= 4 is 16.6 Å². The van der Waals surface area contributed by atoms with Crippen LogP contribution in [0.3, 0.4) is 0 Å². The molecule has 3 heterocycles. The summed E-state index contributed by atoms with van der Waals surface area (Å²) in [6.45, 7) is 3.76. The molecule has 7 nitrogen and oxygen atoms in total. The maximum Gasteiger partial charge on any atom is 0.231 e. The molecule has 0 atom stereocenters.